The second kappa shape index (κ2) is 3.33. The Balaban J connectivity index is 2.23. The molecule has 0 spiro atoms. The fourth-order valence-corrected chi connectivity index (χ4v) is 1.60. The van der Waals surface area contributed by atoms with Gasteiger partial charge in [-0.3, -0.25) is 0 Å². The second-order valence-electron chi connectivity index (χ2n) is 3.68. The van der Waals surface area contributed by atoms with Gasteiger partial charge >= 0.3 is 5.97 Å². The summed E-state index contributed by atoms with van der Waals surface area (Å²) in [4.78, 5) is 13.0. The number of nitrogens with zero attached hydrogens (tertiary/aromatic N) is 1. The maximum atomic E-state index is 11.0. The van der Waals surface area contributed by atoms with Crippen molar-refractivity contribution in [2.75, 3.05) is 14.1 Å². The molecule has 2 aliphatic rings. The number of hydrogen-bond donors (Lipinski definition) is 0. The molecule has 0 radical (unpaired) electrons. The van der Waals surface area contributed by atoms with Crippen LogP contribution in [0.3, 0.4) is 0 Å². The van der Waals surface area contributed by atoms with Gasteiger partial charge < -0.3 is 9.64 Å². The number of fused-ring (bicyclic) bond motifs is 1. The topological polar surface area (TPSA) is 29.5 Å². The van der Waals surface area contributed by atoms with Crippen molar-refractivity contribution in [3.8, 4) is 0 Å². The van der Waals surface area contributed by atoms with E-state index in [0.29, 0.717) is 0 Å². The number of ether oxygens (including phenoxy) is 1. The molecule has 3 nitrogen and oxygen atoms in total. The van der Waals surface area contributed by atoms with Crippen LogP contribution in [-0.2, 0) is 9.53 Å². The van der Waals surface area contributed by atoms with Crippen LogP contribution in [0.25, 0.3) is 0 Å². The van der Waals surface area contributed by atoms with E-state index in [1.165, 1.54) is 6.08 Å². The molecule has 0 aromatic rings. The first-order valence-corrected chi connectivity index (χ1v) is 4.63. The van der Waals surface area contributed by atoms with Gasteiger partial charge in [-0.15, -0.1) is 0 Å². The minimum atomic E-state index is -0.254. The van der Waals surface area contributed by atoms with Gasteiger partial charge in [0.15, 0.2) is 0 Å². The standard InChI is InChI=1S/C11H13NO2/c1-12(2)9-5-3-8-4-6-11(13)14-10(8)7-9/h3-8,10H,1-2H3. The molecule has 2 unspecified atom stereocenters. The lowest BCUT2D eigenvalue weighted by Crippen LogP contribution is -2.29. The number of allylic oxidation sites excluding steroid dienone is 1. The molecule has 0 amide bonds. The average Bonchev–Trinajstić information content (AvgIpc) is 2.16. The number of likely N-dealkylation sites (N-methyl/N-ethyl adjacent to an activating group) is 1. The summed E-state index contributed by atoms with van der Waals surface area (Å²) in [6.45, 7) is 0. The number of rotatable bonds is 1. The van der Waals surface area contributed by atoms with E-state index in [2.05, 4.69) is 6.08 Å². The summed E-state index contributed by atoms with van der Waals surface area (Å²) in [5.74, 6) is -0.0488. The van der Waals surface area contributed by atoms with E-state index in [4.69, 9.17) is 4.74 Å². The summed E-state index contributed by atoms with van der Waals surface area (Å²) in [5.41, 5.74) is 1.08. The summed E-state index contributed by atoms with van der Waals surface area (Å²) in [6, 6.07) is 0. The van der Waals surface area contributed by atoms with Crippen LogP contribution in [0.1, 0.15) is 0 Å². The Kier molecular flexibility index (Phi) is 2.15. The number of hydrogen-bond acceptors (Lipinski definition) is 3. The molecule has 2 atom stereocenters. The van der Waals surface area contributed by atoms with Crippen molar-refractivity contribution in [2.24, 2.45) is 5.92 Å². The molecule has 0 saturated carbocycles. The van der Waals surface area contributed by atoms with Crippen molar-refractivity contribution < 1.29 is 9.53 Å². The predicted molar refractivity (Wildman–Crippen MR) is 53.4 cm³/mol. The van der Waals surface area contributed by atoms with Gasteiger partial charge in [-0.25, -0.2) is 4.79 Å². The number of carbonyl (C=O) groups is 1. The first kappa shape index (κ1) is 9.06. The lowest BCUT2D eigenvalue weighted by atomic mass is 9.94. The normalized spacial score (nSPS) is 29.3. The highest BCUT2D eigenvalue weighted by Crippen LogP contribution is 2.24. The molecular weight excluding hydrogens is 178 g/mol. The van der Waals surface area contributed by atoms with Crippen LogP contribution >= 0.6 is 0 Å². The molecule has 0 saturated heterocycles. The van der Waals surface area contributed by atoms with Crippen LogP contribution in [0.5, 0.6) is 0 Å². The van der Waals surface area contributed by atoms with Crippen molar-refractivity contribution >= 4 is 5.97 Å². The third-order valence-electron chi connectivity index (χ3n) is 2.43. The second-order valence-corrected chi connectivity index (χ2v) is 3.68. The largest absolute Gasteiger partial charge is 0.454 e. The van der Waals surface area contributed by atoms with Gasteiger partial charge in [0.1, 0.15) is 6.10 Å². The molecule has 2 rings (SSSR count). The third kappa shape index (κ3) is 1.58. The van der Waals surface area contributed by atoms with Crippen molar-refractivity contribution in [1.82, 2.24) is 4.90 Å². The van der Waals surface area contributed by atoms with Gasteiger partial charge in [0.25, 0.3) is 0 Å². The van der Waals surface area contributed by atoms with Crippen molar-refractivity contribution in [3.63, 3.8) is 0 Å². The van der Waals surface area contributed by atoms with Gasteiger partial charge in [-0.05, 0) is 12.2 Å². The minimum Gasteiger partial charge on any atom is -0.454 e. The molecular formula is C11H13NO2. The molecule has 0 bridgehead atoms. The minimum absolute atomic E-state index is 0.130. The highest BCUT2D eigenvalue weighted by molar-refractivity contribution is 5.83. The Hall–Kier alpha value is -1.51. The number of esters is 1. The monoisotopic (exact) mass is 191 g/mol. The lowest BCUT2D eigenvalue weighted by Gasteiger charge is -2.28. The van der Waals surface area contributed by atoms with Gasteiger partial charge in [0, 0.05) is 31.8 Å². The molecule has 1 heterocycles. The summed E-state index contributed by atoms with van der Waals surface area (Å²) < 4.78 is 5.19. The molecule has 0 fully saturated rings. The van der Waals surface area contributed by atoms with E-state index in [1.807, 2.05) is 37.2 Å². The van der Waals surface area contributed by atoms with E-state index in [1.54, 1.807) is 0 Å². The van der Waals surface area contributed by atoms with Gasteiger partial charge in [0.2, 0.25) is 0 Å². The fraction of sp³-hybridized carbons (Fsp3) is 0.364. The van der Waals surface area contributed by atoms with E-state index < -0.39 is 0 Å². The van der Waals surface area contributed by atoms with Crippen LogP contribution in [-0.4, -0.2) is 31.1 Å². The van der Waals surface area contributed by atoms with Gasteiger partial charge in [-0.1, -0.05) is 12.2 Å². The Labute approximate surface area is 83.3 Å². The van der Waals surface area contributed by atoms with E-state index in [0.717, 1.165) is 5.70 Å². The van der Waals surface area contributed by atoms with E-state index in [9.17, 15) is 4.79 Å². The average molecular weight is 191 g/mol. The lowest BCUT2D eigenvalue weighted by molar-refractivity contribution is -0.143. The molecule has 1 aliphatic carbocycles. The number of carbonyl (C=O) groups excluding carboxylic acids is 1. The molecule has 0 N–H and O–H groups in total. The van der Waals surface area contributed by atoms with Crippen LogP contribution in [0.15, 0.2) is 36.1 Å². The molecule has 14 heavy (non-hydrogen) atoms. The third-order valence-corrected chi connectivity index (χ3v) is 2.43. The Morgan fingerprint density at radius 3 is 2.71 bits per heavy atom. The Morgan fingerprint density at radius 1 is 1.29 bits per heavy atom. The Morgan fingerprint density at radius 2 is 2.00 bits per heavy atom. The molecule has 74 valence electrons. The van der Waals surface area contributed by atoms with Crippen molar-refractivity contribution in [3.05, 3.63) is 36.1 Å². The van der Waals surface area contributed by atoms with Crippen LogP contribution in [0, 0.1) is 5.92 Å². The molecule has 3 heteroatoms. The Bertz CT molecular complexity index is 339. The smallest absolute Gasteiger partial charge is 0.331 e. The summed E-state index contributed by atoms with van der Waals surface area (Å²) in [6.07, 6.45) is 9.32. The van der Waals surface area contributed by atoms with Crippen molar-refractivity contribution in [1.29, 1.82) is 0 Å². The maximum Gasteiger partial charge on any atom is 0.331 e. The summed E-state index contributed by atoms with van der Waals surface area (Å²) in [5, 5.41) is 0. The van der Waals surface area contributed by atoms with E-state index >= 15 is 0 Å². The first-order chi connectivity index (χ1) is 6.66. The zero-order valence-electron chi connectivity index (χ0n) is 8.31. The predicted octanol–water partition coefficient (Wildman–Crippen LogP) is 1.10. The van der Waals surface area contributed by atoms with Gasteiger partial charge in [-0.2, -0.15) is 0 Å². The maximum absolute atomic E-state index is 11.0. The quantitative estimate of drug-likeness (QED) is 0.581. The SMILES string of the molecule is CN(C)C1=CC2OC(=O)C=CC2C=C1. The highest BCUT2D eigenvalue weighted by Gasteiger charge is 2.25. The molecule has 0 aromatic heterocycles. The summed E-state index contributed by atoms with van der Waals surface area (Å²) in [7, 11) is 3.94. The van der Waals surface area contributed by atoms with Crippen LogP contribution in [0.2, 0.25) is 0 Å². The first-order valence-electron chi connectivity index (χ1n) is 4.63. The van der Waals surface area contributed by atoms with Gasteiger partial charge in [0.05, 0.1) is 0 Å². The summed E-state index contributed by atoms with van der Waals surface area (Å²) >= 11 is 0. The highest BCUT2D eigenvalue weighted by atomic mass is 16.5. The molecule has 1 aliphatic heterocycles. The van der Waals surface area contributed by atoms with Crippen LogP contribution < -0.4 is 0 Å². The zero-order valence-corrected chi connectivity index (χ0v) is 8.31. The zero-order chi connectivity index (χ0) is 10.1. The van der Waals surface area contributed by atoms with E-state index in [-0.39, 0.29) is 18.0 Å². The van der Waals surface area contributed by atoms with Crippen molar-refractivity contribution in [2.45, 2.75) is 6.10 Å². The molecule has 0 aromatic carbocycles. The van der Waals surface area contributed by atoms with Crippen LogP contribution in [0.4, 0.5) is 0 Å². The fourth-order valence-electron chi connectivity index (χ4n) is 1.60.